The highest BCUT2D eigenvalue weighted by atomic mass is 35.5. The first-order chi connectivity index (χ1) is 13.5. The highest BCUT2D eigenvalue weighted by molar-refractivity contribution is 6.35. The fourth-order valence-electron chi connectivity index (χ4n) is 2.80. The number of benzene rings is 2. The van der Waals surface area contributed by atoms with Gasteiger partial charge in [-0.1, -0.05) is 41.4 Å². The molecule has 0 aliphatic heterocycles. The molecule has 3 aromatic rings. The van der Waals surface area contributed by atoms with Crippen LogP contribution >= 0.6 is 23.2 Å². The number of halogens is 3. The molecule has 28 heavy (non-hydrogen) atoms. The van der Waals surface area contributed by atoms with Gasteiger partial charge in [-0.25, -0.2) is 4.39 Å². The summed E-state index contributed by atoms with van der Waals surface area (Å²) < 4.78 is 25.0. The van der Waals surface area contributed by atoms with E-state index < -0.39 is 6.10 Å². The second-order valence-electron chi connectivity index (χ2n) is 6.38. The molecule has 0 amide bonds. The molecule has 7 heteroatoms. The molecule has 148 valence electrons. The minimum absolute atomic E-state index is 0.0350. The lowest BCUT2D eigenvalue weighted by atomic mass is 10.2. The summed E-state index contributed by atoms with van der Waals surface area (Å²) in [6.45, 7) is 1.06. The van der Waals surface area contributed by atoms with Crippen LogP contribution < -0.4 is 4.74 Å². The molecule has 0 aliphatic rings. The Bertz CT molecular complexity index is 889. The molecule has 2 aromatic carbocycles. The molecule has 4 nitrogen and oxygen atoms in total. The zero-order valence-corrected chi connectivity index (χ0v) is 16.5. The lowest BCUT2D eigenvalue weighted by Crippen LogP contribution is -2.35. The monoisotopic (exact) mass is 423 g/mol. The van der Waals surface area contributed by atoms with Gasteiger partial charge in [0.25, 0.3) is 0 Å². The first-order valence-electron chi connectivity index (χ1n) is 8.75. The summed E-state index contributed by atoms with van der Waals surface area (Å²) in [6, 6.07) is 15.1. The first-order valence-corrected chi connectivity index (χ1v) is 9.51. The van der Waals surface area contributed by atoms with E-state index in [4.69, 9.17) is 32.4 Å². The molecule has 1 atom stereocenters. The standard InChI is InChI=1S/C21H20Cl2FNO3/c22-16-7-8-21(19(23)10-16)28-14-17(26)12-25(13-18-5-3-9-27-18)11-15-4-1-2-6-20(15)24/h1-10,17,26H,11-14H2. The smallest absolute Gasteiger partial charge is 0.138 e. The summed E-state index contributed by atoms with van der Waals surface area (Å²) in [4.78, 5) is 1.90. The van der Waals surface area contributed by atoms with E-state index in [1.54, 1.807) is 48.7 Å². The van der Waals surface area contributed by atoms with Gasteiger partial charge in [-0.15, -0.1) is 0 Å². The fraction of sp³-hybridized carbons (Fsp3) is 0.238. The fourth-order valence-corrected chi connectivity index (χ4v) is 3.27. The summed E-state index contributed by atoms with van der Waals surface area (Å²) in [5, 5.41) is 11.3. The van der Waals surface area contributed by atoms with Crippen molar-refractivity contribution in [2.75, 3.05) is 13.2 Å². The molecule has 0 aliphatic carbocycles. The van der Waals surface area contributed by atoms with E-state index in [0.29, 0.717) is 34.4 Å². The van der Waals surface area contributed by atoms with Crippen LogP contribution in [0.4, 0.5) is 4.39 Å². The van der Waals surface area contributed by atoms with Crippen LogP contribution in [0.1, 0.15) is 11.3 Å². The van der Waals surface area contributed by atoms with E-state index in [2.05, 4.69) is 0 Å². The van der Waals surface area contributed by atoms with Gasteiger partial charge in [0.15, 0.2) is 0 Å². The van der Waals surface area contributed by atoms with Crippen molar-refractivity contribution in [2.24, 2.45) is 0 Å². The van der Waals surface area contributed by atoms with Gasteiger partial charge in [0.05, 0.1) is 17.8 Å². The maximum atomic E-state index is 14.0. The lowest BCUT2D eigenvalue weighted by Gasteiger charge is -2.24. The molecule has 1 N–H and O–H groups in total. The largest absolute Gasteiger partial charge is 0.489 e. The van der Waals surface area contributed by atoms with Crippen LogP contribution in [0.2, 0.25) is 10.0 Å². The van der Waals surface area contributed by atoms with Crippen molar-refractivity contribution in [3.63, 3.8) is 0 Å². The normalized spacial score (nSPS) is 12.3. The zero-order chi connectivity index (χ0) is 19.9. The number of hydrogen-bond donors (Lipinski definition) is 1. The Morgan fingerprint density at radius 3 is 2.61 bits per heavy atom. The Balaban J connectivity index is 1.63. The van der Waals surface area contributed by atoms with Crippen molar-refractivity contribution in [3.05, 3.63) is 88.0 Å². The molecule has 1 aromatic heterocycles. The van der Waals surface area contributed by atoms with E-state index in [9.17, 15) is 9.50 Å². The predicted molar refractivity (Wildman–Crippen MR) is 107 cm³/mol. The molecular weight excluding hydrogens is 404 g/mol. The number of aliphatic hydroxyl groups is 1. The minimum Gasteiger partial charge on any atom is -0.489 e. The van der Waals surface area contributed by atoms with Crippen molar-refractivity contribution in [3.8, 4) is 5.75 Å². The van der Waals surface area contributed by atoms with Crippen LogP contribution in [0, 0.1) is 5.82 Å². The number of hydrogen-bond acceptors (Lipinski definition) is 4. The van der Waals surface area contributed by atoms with E-state index in [1.807, 2.05) is 11.0 Å². The molecule has 0 spiro atoms. The minimum atomic E-state index is -0.812. The number of furan rings is 1. The van der Waals surface area contributed by atoms with Crippen LogP contribution in [0.3, 0.4) is 0 Å². The molecule has 1 heterocycles. The third kappa shape index (κ3) is 5.97. The number of aliphatic hydroxyl groups excluding tert-OH is 1. The number of nitrogens with zero attached hydrogens (tertiary/aromatic N) is 1. The topological polar surface area (TPSA) is 45.8 Å². The Hall–Kier alpha value is -2.05. The van der Waals surface area contributed by atoms with Gasteiger partial charge in [-0.3, -0.25) is 4.90 Å². The van der Waals surface area contributed by atoms with Gasteiger partial charge in [0.1, 0.15) is 30.0 Å². The quantitative estimate of drug-likeness (QED) is 0.515. The summed E-state index contributed by atoms with van der Waals surface area (Å²) in [5.74, 6) is 0.882. The zero-order valence-electron chi connectivity index (χ0n) is 15.0. The molecule has 0 bridgehead atoms. The molecule has 3 rings (SSSR count). The third-order valence-corrected chi connectivity index (χ3v) is 4.64. The van der Waals surface area contributed by atoms with Crippen LogP contribution in [-0.4, -0.2) is 29.3 Å². The predicted octanol–water partition coefficient (Wildman–Crippen LogP) is 5.17. The van der Waals surface area contributed by atoms with Gasteiger partial charge in [-0.2, -0.15) is 0 Å². The SMILES string of the molecule is OC(COc1ccc(Cl)cc1Cl)CN(Cc1ccco1)Cc1ccccc1F. The maximum Gasteiger partial charge on any atom is 0.138 e. The van der Waals surface area contributed by atoms with E-state index >= 15 is 0 Å². The van der Waals surface area contributed by atoms with Crippen molar-refractivity contribution in [1.29, 1.82) is 0 Å². The van der Waals surface area contributed by atoms with Crippen molar-refractivity contribution < 1.29 is 18.7 Å². The van der Waals surface area contributed by atoms with E-state index in [0.717, 1.165) is 5.76 Å². The molecule has 0 saturated heterocycles. The average molecular weight is 424 g/mol. The summed E-state index contributed by atoms with van der Waals surface area (Å²) in [6.07, 6.45) is 0.770. The molecule has 0 saturated carbocycles. The van der Waals surface area contributed by atoms with E-state index in [1.165, 1.54) is 6.07 Å². The Morgan fingerprint density at radius 2 is 1.89 bits per heavy atom. The van der Waals surface area contributed by atoms with Crippen LogP contribution in [0.5, 0.6) is 5.75 Å². The summed E-state index contributed by atoms with van der Waals surface area (Å²) in [7, 11) is 0. The molecule has 0 fully saturated rings. The van der Waals surface area contributed by atoms with Crippen molar-refractivity contribution in [2.45, 2.75) is 19.2 Å². The van der Waals surface area contributed by atoms with Gasteiger partial charge in [0.2, 0.25) is 0 Å². The Labute approximate surface area is 173 Å². The van der Waals surface area contributed by atoms with Gasteiger partial charge < -0.3 is 14.3 Å². The average Bonchev–Trinajstić information content (AvgIpc) is 3.16. The molecular formula is C21H20Cl2FNO3. The number of rotatable bonds is 9. The molecule has 1 unspecified atom stereocenters. The van der Waals surface area contributed by atoms with E-state index in [-0.39, 0.29) is 19.0 Å². The van der Waals surface area contributed by atoms with Crippen molar-refractivity contribution in [1.82, 2.24) is 4.90 Å². The highest BCUT2D eigenvalue weighted by Gasteiger charge is 2.17. The van der Waals surface area contributed by atoms with Crippen LogP contribution in [0.15, 0.2) is 65.3 Å². The lowest BCUT2D eigenvalue weighted by molar-refractivity contribution is 0.0601. The second-order valence-corrected chi connectivity index (χ2v) is 7.22. The first kappa shape index (κ1) is 20.7. The maximum absolute atomic E-state index is 14.0. The van der Waals surface area contributed by atoms with Crippen LogP contribution in [-0.2, 0) is 13.1 Å². The summed E-state index contributed by atoms with van der Waals surface area (Å²) >= 11 is 12.0. The van der Waals surface area contributed by atoms with Crippen LogP contribution in [0.25, 0.3) is 0 Å². The van der Waals surface area contributed by atoms with Gasteiger partial charge in [-0.05, 0) is 36.4 Å². The van der Waals surface area contributed by atoms with Gasteiger partial charge in [0, 0.05) is 23.7 Å². The molecule has 0 radical (unpaired) electrons. The summed E-state index contributed by atoms with van der Waals surface area (Å²) in [5.41, 5.74) is 0.544. The highest BCUT2D eigenvalue weighted by Crippen LogP contribution is 2.27. The Kier molecular flexibility index (Phi) is 7.34. The Morgan fingerprint density at radius 1 is 1.07 bits per heavy atom. The van der Waals surface area contributed by atoms with Gasteiger partial charge >= 0.3 is 0 Å². The second kappa shape index (κ2) is 9.94. The third-order valence-electron chi connectivity index (χ3n) is 4.11. The van der Waals surface area contributed by atoms with Crippen molar-refractivity contribution >= 4 is 23.2 Å². The number of ether oxygens (including phenoxy) is 1.